The summed E-state index contributed by atoms with van der Waals surface area (Å²) in [4.78, 5) is 37.6. The van der Waals surface area contributed by atoms with Crippen molar-refractivity contribution < 1.29 is 18.5 Å². The van der Waals surface area contributed by atoms with Crippen LogP contribution in [0.2, 0.25) is 0 Å². The lowest BCUT2D eigenvalue weighted by atomic mass is 10.00. The Morgan fingerprint density at radius 1 is 1.12 bits per heavy atom. The molecule has 1 atom stereocenters. The number of ketones is 1. The van der Waals surface area contributed by atoms with Crippen LogP contribution in [0.25, 0.3) is 17.5 Å². The maximum absolute atomic E-state index is 13.2. The molecule has 0 bridgehead atoms. The molecule has 0 aliphatic rings. The number of nitrogens with one attached hydrogen (secondary N) is 1. The van der Waals surface area contributed by atoms with Gasteiger partial charge in [0, 0.05) is 11.6 Å². The first-order valence-electron chi connectivity index (χ1n) is 10.2. The van der Waals surface area contributed by atoms with Crippen molar-refractivity contribution in [3.8, 4) is 11.4 Å². The zero-order chi connectivity index (χ0) is 23.1. The Bertz CT molecular complexity index is 1150. The minimum Gasteiger partial charge on any atom is -0.343 e. The molecule has 0 saturated carbocycles. The summed E-state index contributed by atoms with van der Waals surface area (Å²) >= 11 is 0. The van der Waals surface area contributed by atoms with Crippen LogP contribution in [0.15, 0.2) is 70.0 Å². The molecule has 0 radical (unpaired) electrons. The van der Waals surface area contributed by atoms with Crippen LogP contribution in [0.3, 0.4) is 0 Å². The lowest BCUT2D eigenvalue weighted by Crippen LogP contribution is -2.43. The lowest BCUT2D eigenvalue weighted by Gasteiger charge is -2.19. The van der Waals surface area contributed by atoms with Crippen molar-refractivity contribution in [1.82, 2.24) is 15.0 Å². The van der Waals surface area contributed by atoms with E-state index in [0.29, 0.717) is 12.0 Å². The van der Waals surface area contributed by atoms with Crippen LogP contribution in [0, 0.1) is 11.7 Å². The Morgan fingerprint density at radius 3 is 2.47 bits per heavy atom. The molecule has 0 aliphatic heterocycles. The number of carbonyl (C=O) groups excluding carboxylic acids is 2. The summed E-state index contributed by atoms with van der Waals surface area (Å²) in [5.41, 5.74) is 1.29. The van der Waals surface area contributed by atoms with Gasteiger partial charge in [-0.05, 0) is 48.2 Å². The van der Waals surface area contributed by atoms with E-state index in [2.05, 4.69) is 10.5 Å². The molecular formula is C24H24FN3O4. The molecule has 0 unspecified atom stereocenters. The molecule has 1 N–H and O–H groups in total. The second-order valence-corrected chi connectivity index (χ2v) is 7.77. The van der Waals surface area contributed by atoms with E-state index in [0.717, 1.165) is 10.1 Å². The Kier molecular flexibility index (Phi) is 7.49. The maximum atomic E-state index is 13.2. The van der Waals surface area contributed by atoms with Gasteiger partial charge in [-0.2, -0.15) is 0 Å². The van der Waals surface area contributed by atoms with E-state index in [-0.39, 0.29) is 24.1 Å². The van der Waals surface area contributed by atoms with Gasteiger partial charge in [0.05, 0.1) is 12.6 Å². The van der Waals surface area contributed by atoms with Crippen LogP contribution in [0.1, 0.15) is 25.8 Å². The first kappa shape index (κ1) is 22.9. The number of aromatic nitrogens is 2. The highest BCUT2D eigenvalue weighted by Crippen LogP contribution is 2.17. The zero-order valence-corrected chi connectivity index (χ0v) is 17.8. The molecule has 1 amide bonds. The number of rotatable bonds is 9. The number of halogens is 1. The molecule has 7 nitrogen and oxygen atoms in total. The number of carbonyl (C=O) groups is 2. The van der Waals surface area contributed by atoms with Crippen LogP contribution in [0.4, 0.5) is 4.39 Å². The molecule has 0 saturated heterocycles. The second-order valence-electron chi connectivity index (χ2n) is 7.77. The Labute approximate surface area is 184 Å². The largest absolute Gasteiger partial charge is 0.442 e. The molecule has 0 fully saturated rings. The van der Waals surface area contributed by atoms with Crippen LogP contribution >= 0.6 is 0 Å². The normalized spacial score (nSPS) is 12.2. The predicted octanol–water partition coefficient (Wildman–Crippen LogP) is 3.46. The quantitative estimate of drug-likeness (QED) is 0.518. The molecule has 1 heterocycles. The van der Waals surface area contributed by atoms with Gasteiger partial charge in [-0.15, -0.1) is 0 Å². The molecule has 2 aromatic carbocycles. The van der Waals surface area contributed by atoms with E-state index < -0.39 is 23.5 Å². The van der Waals surface area contributed by atoms with Gasteiger partial charge in [0.2, 0.25) is 5.91 Å². The molecular weight excluding hydrogens is 413 g/mol. The fourth-order valence-corrected chi connectivity index (χ4v) is 3.18. The average molecular weight is 437 g/mol. The van der Waals surface area contributed by atoms with Crippen molar-refractivity contribution in [2.45, 2.75) is 32.9 Å². The minimum absolute atomic E-state index is 0.113. The van der Waals surface area contributed by atoms with Gasteiger partial charge >= 0.3 is 5.76 Å². The number of amides is 1. The van der Waals surface area contributed by atoms with Gasteiger partial charge in [-0.1, -0.05) is 49.3 Å². The fourth-order valence-electron chi connectivity index (χ4n) is 3.18. The predicted molar refractivity (Wildman–Crippen MR) is 118 cm³/mol. The van der Waals surface area contributed by atoms with Gasteiger partial charge in [0.25, 0.3) is 0 Å². The maximum Gasteiger partial charge on any atom is 0.442 e. The summed E-state index contributed by atoms with van der Waals surface area (Å²) < 4.78 is 19.0. The monoisotopic (exact) mass is 437 g/mol. The smallest absolute Gasteiger partial charge is 0.343 e. The lowest BCUT2D eigenvalue weighted by molar-refractivity contribution is -0.126. The summed E-state index contributed by atoms with van der Waals surface area (Å²) in [5.74, 6) is -1.79. The Hall–Kier alpha value is -3.81. The van der Waals surface area contributed by atoms with Crippen molar-refractivity contribution >= 4 is 17.8 Å². The van der Waals surface area contributed by atoms with Gasteiger partial charge in [-0.25, -0.2) is 13.8 Å². The van der Waals surface area contributed by atoms with Crippen LogP contribution in [0.5, 0.6) is 0 Å². The van der Waals surface area contributed by atoms with E-state index in [1.165, 1.54) is 30.3 Å². The number of benzene rings is 2. The standard InChI is InChI=1S/C24H24FN3O4/c1-16(2)14-20(26-22(30)13-8-17-6-4-3-5-7-17)21(29)15-28-23(27-32-24(28)31)18-9-11-19(25)12-10-18/h3-13,16,20H,14-15H2,1-2H3,(H,26,30)/b13-8+/t20-/m0/s1. The fraction of sp³-hybridized carbons (Fsp3) is 0.250. The molecule has 32 heavy (non-hydrogen) atoms. The summed E-state index contributed by atoms with van der Waals surface area (Å²) in [5, 5.41) is 6.44. The van der Waals surface area contributed by atoms with Crippen molar-refractivity contribution in [2.75, 3.05) is 0 Å². The second kappa shape index (κ2) is 10.5. The molecule has 166 valence electrons. The number of hydrogen-bond donors (Lipinski definition) is 1. The minimum atomic E-state index is -0.809. The third-order valence-corrected chi connectivity index (χ3v) is 4.74. The Morgan fingerprint density at radius 2 is 1.81 bits per heavy atom. The summed E-state index contributed by atoms with van der Waals surface area (Å²) in [6, 6.07) is 13.8. The molecule has 1 aromatic heterocycles. The van der Waals surface area contributed by atoms with Crippen molar-refractivity contribution in [3.05, 3.63) is 82.6 Å². The van der Waals surface area contributed by atoms with E-state index in [9.17, 15) is 18.8 Å². The number of nitrogens with zero attached hydrogens (tertiary/aromatic N) is 2. The summed E-state index contributed by atoms with van der Waals surface area (Å²) in [6.45, 7) is 3.53. The molecule has 8 heteroatoms. The third-order valence-electron chi connectivity index (χ3n) is 4.74. The SMILES string of the molecule is CC(C)C[C@H](NC(=O)/C=C/c1ccccc1)C(=O)Cn1c(-c2ccc(F)cc2)noc1=O. The number of hydrogen-bond acceptors (Lipinski definition) is 5. The van der Waals surface area contributed by atoms with E-state index in [1.54, 1.807) is 6.08 Å². The topological polar surface area (TPSA) is 94.2 Å². The van der Waals surface area contributed by atoms with Gasteiger partial charge in [-0.3, -0.25) is 14.1 Å². The van der Waals surface area contributed by atoms with Gasteiger partial charge < -0.3 is 5.32 Å². The molecule has 3 rings (SSSR count). The first-order valence-corrected chi connectivity index (χ1v) is 10.2. The molecule has 3 aromatic rings. The van der Waals surface area contributed by atoms with E-state index >= 15 is 0 Å². The van der Waals surface area contributed by atoms with Gasteiger partial charge in [0.1, 0.15) is 5.82 Å². The average Bonchev–Trinajstić information content (AvgIpc) is 3.13. The highest BCUT2D eigenvalue weighted by molar-refractivity contribution is 5.96. The van der Waals surface area contributed by atoms with Crippen molar-refractivity contribution in [3.63, 3.8) is 0 Å². The zero-order valence-electron chi connectivity index (χ0n) is 17.8. The summed E-state index contributed by atoms with van der Waals surface area (Å²) in [6.07, 6.45) is 3.42. The molecule has 0 aliphatic carbocycles. The Balaban J connectivity index is 1.76. The summed E-state index contributed by atoms with van der Waals surface area (Å²) in [7, 11) is 0. The van der Waals surface area contributed by atoms with Crippen molar-refractivity contribution in [1.29, 1.82) is 0 Å². The third kappa shape index (κ3) is 6.10. The van der Waals surface area contributed by atoms with Crippen LogP contribution in [-0.4, -0.2) is 27.5 Å². The van der Waals surface area contributed by atoms with Crippen LogP contribution < -0.4 is 11.1 Å². The van der Waals surface area contributed by atoms with Gasteiger partial charge in [0.15, 0.2) is 11.6 Å². The first-order chi connectivity index (χ1) is 15.3. The van der Waals surface area contributed by atoms with E-state index in [1.807, 2.05) is 44.2 Å². The van der Waals surface area contributed by atoms with E-state index in [4.69, 9.17) is 4.52 Å². The highest BCUT2D eigenvalue weighted by Gasteiger charge is 2.24. The number of Topliss-reactive ketones (excluding diaryl/α,β-unsaturated/α-hetero) is 1. The van der Waals surface area contributed by atoms with Crippen LogP contribution in [-0.2, 0) is 16.1 Å². The van der Waals surface area contributed by atoms with Crippen molar-refractivity contribution in [2.24, 2.45) is 5.92 Å². The molecule has 0 spiro atoms. The highest BCUT2D eigenvalue weighted by atomic mass is 19.1.